The summed E-state index contributed by atoms with van der Waals surface area (Å²) < 4.78 is 19.6. The van der Waals surface area contributed by atoms with E-state index in [2.05, 4.69) is 25.8 Å². The van der Waals surface area contributed by atoms with Gasteiger partial charge in [0.15, 0.2) is 5.69 Å². The molecule has 8 nitrogen and oxygen atoms in total. The van der Waals surface area contributed by atoms with Crippen LogP contribution in [0.2, 0.25) is 5.02 Å². The summed E-state index contributed by atoms with van der Waals surface area (Å²) in [7, 11) is 0. The molecule has 118 valence electrons. The molecule has 0 unspecified atom stereocenters. The second-order valence-corrected chi connectivity index (χ2v) is 4.90. The molecule has 0 saturated heterocycles. The fourth-order valence-corrected chi connectivity index (χ4v) is 2.07. The van der Waals surface area contributed by atoms with Crippen LogP contribution in [0.1, 0.15) is 11.4 Å². The van der Waals surface area contributed by atoms with Gasteiger partial charge in [-0.25, -0.2) is 14.0 Å². The molecule has 0 atom stereocenters. The Morgan fingerprint density at radius 1 is 1.43 bits per heavy atom. The number of rotatable bonds is 4. The van der Waals surface area contributed by atoms with E-state index >= 15 is 0 Å². The molecule has 0 bridgehead atoms. The van der Waals surface area contributed by atoms with Gasteiger partial charge in [0.1, 0.15) is 11.5 Å². The van der Waals surface area contributed by atoms with Gasteiger partial charge < -0.3 is 15.1 Å². The van der Waals surface area contributed by atoms with Crippen LogP contribution in [0.4, 0.5) is 10.1 Å². The van der Waals surface area contributed by atoms with E-state index in [9.17, 15) is 9.60 Å². The van der Waals surface area contributed by atoms with E-state index in [1.165, 1.54) is 18.2 Å². The number of nitrogens with one attached hydrogen (secondary N) is 1. The highest BCUT2D eigenvalue weighted by molar-refractivity contribution is 6.31. The van der Waals surface area contributed by atoms with Crippen LogP contribution in [-0.4, -0.2) is 30.9 Å². The predicted molar refractivity (Wildman–Crippen MR) is 79.0 cm³/mol. The molecular formula is C13H10ClFN6O2. The zero-order valence-electron chi connectivity index (χ0n) is 11.5. The van der Waals surface area contributed by atoms with Gasteiger partial charge in [-0.1, -0.05) is 21.9 Å². The number of nitrogens with zero attached hydrogens (tertiary/aromatic N) is 5. The maximum Gasteiger partial charge on any atom is 0.201 e. The Kier molecular flexibility index (Phi) is 4.20. The third-order valence-corrected chi connectivity index (χ3v) is 3.24. The summed E-state index contributed by atoms with van der Waals surface area (Å²) in [6, 6.07) is 3.98. The number of benzene rings is 1. The van der Waals surface area contributed by atoms with Gasteiger partial charge in [-0.3, -0.25) is 0 Å². The summed E-state index contributed by atoms with van der Waals surface area (Å²) in [5.41, 5.74) is 1.05. The van der Waals surface area contributed by atoms with Crippen molar-refractivity contribution in [2.24, 2.45) is 5.16 Å². The van der Waals surface area contributed by atoms with E-state index in [0.29, 0.717) is 17.9 Å². The van der Waals surface area contributed by atoms with Crippen molar-refractivity contribution in [1.82, 2.24) is 19.9 Å². The summed E-state index contributed by atoms with van der Waals surface area (Å²) in [5, 5.41) is 22.6. The normalized spacial score (nSPS) is 11.7. The molecule has 3 rings (SSSR count). The van der Waals surface area contributed by atoms with E-state index in [1.807, 2.05) is 0 Å². The number of anilines is 1. The smallest absolute Gasteiger partial charge is 0.201 e. The van der Waals surface area contributed by atoms with Gasteiger partial charge in [-0.2, -0.15) is 0 Å². The zero-order valence-corrected chi connectivity index (χ0v) is 12.3. The number of aromatic nitrogens is 4. The van der Waals surface area contributed by atoms with Crippen LogP contribution in [-0.2, 0) is 6.54 Å². The first kappa shape index (κ1) is 15.0. The lowest BCUT2D eigenvalue weighted by Gasteiger charge is -2.07. The third kappa shape index (κ3) is 3.29. The van der Waals surface area contributed by atoms with Crippen LogP contribution in [0.5, 0.6) is 0 Å². The monoisotopic (exact) mass is 336 g/mol. The van der Waals surface area contributed by atoms with Crippen LogP contribution in [0.25, 0.3) is 0 Å². The molecule has 23 heavy (non-hydrogen) atoms. The molecule has 2 aromatic heterocycles. The summed E-state index contributed by atoms with van der Waals surface area (Å²) >= 11 is 5.72. The minimum Gasteiger partial charge on any atom is -0.409 e. The lowest BCUT2D eigenvalue weighted by atomic mass is 10.2. The third-order valence-electron chi connectivity index (χ3n) is 2.95. The summed E-state index contributed by atoms with van der Waals surface area (Å²) in [6.45, 7) is 0.323. The Labute approximate surface area is 134 Å². The molecule has 3 aromatic rings. The van der Waals surface area contributed by atoms with Crippen LogP contribution in [0.15, 0.2) is 46.7 Å². The Morgan fingerprint density at radius 3 is 3.00 bits per heavy atom. The number of hydrogen-bond donors (Lipinski definition) is 2. The van der Waals surface area contributed by atoms with Gasteiger partial charge >= 0.3 is 0 Å². The summed E-state index contributed by atoms with van der Waals surface area (Å²) in [5.74, 6) is -0.562. The van der Waals surface area contributed by atoms with Crippen molar-refractivity contribution < 1.29 is 14.2 Å². The van der Waals surface area contributed by atoms with Gasteiger partial charge in [0.25, 0.3) is 0 Å². The Balaban J connectivity index is 1.84. The fraction of sp³-hybridized carbons (Fsp3) is 0.0769. The lowest BCUT2D eigenvalue weighted by Crippen LogP contribution is -2.17. The Bertz CT molecular complexity index is 833. The molecule has 2 N–H and O–H groups in total. The zero-order chi connectivity index (χ0) is 16.2. The maximum absolute atomic E-state index is 13.2. The topological polar surface area (TPSA) is 101 Å². The van der Waals surface area contributed by atoms with E-state index in [0.717, 1.165) is 0 Å². The molecule has 0 fully saturated rings. The van der Waals surface area contributed by atoms with Gasteiger partial charge in [-0.15, -0.1) is 0 Å². The van der Waals surface area contributed by atoms with Gasteiger partial charge in [0, 0.05) is 18.1 Å². The second-order valence-electron chi connectivity index (χ2n) is 4.50. The lowest BCUT2D eigenvalue weighted by molar-refractivity contribution is 0.300. The van der Waals surface area contributed by atoms with Gasteiger partial charge in [0.2, 0.25) is 5.84 Å². The highest BCUT2D eigenvalue weighted by Crippen LogP contribution is 2.20. The molecule has 0 amide bonds. The average molecular weight is 337 g/mol. The second kappa shape index (κ2) is 6.44. The van der Waals surface area contributed by atoms with Gasteiger partial charge in [-0.05, 0) is 23.4 Å². The van der Waals surface area contributed by atoms with Crippen molar-refractivity contribution in [3.8, 4) is 0 Å². The van der Waals surface area contributed by atoms with E-state index < -0.39 is 5.82 Å². The molecule has 0 radical (unpaired) electrons. The van der Waals surface area contributed by atoms with Crippen LogP contribution < -0.4 is 5.32 Å². The first-order chi connectivity index (χ1) is 11.2. The molecular weight excluding hydrogens is 327 g/mol. The first-order valence-corrected chi connectivity index (χ1v) is 6.77. The summed E-state index contributed by atoms with van der Waals surface area (Å²) in [4.78, 5) is 3.92. The van der Waals surface area contributed by atoms with Crippen molar-refractivity contribution in [2.75, 3.05) is 5.32 Å². The van der Waals surface area contributed by atoms with E-state index in [-0.39, 0.29) is 16.6 Å². The number of amidine groups is 1. The highest BCUT2D eigenvalue weighted by Gasteiger charge is 2.18. The minimum absolute atomic E-state index is 0.0101. The van der Waals surface area contributed by atoms with Crippen molar-refractivity contribution in [1.29, 1.82) is 0 Å². The molecule has 10 heteroatoms. The van der Waals surface area contributed by atoms with E-state index in [1.54, 1.807) is 23.3 Å². The highest BCUT2D eigenvalue weighted by atomic mass is 35.5. The molecule has 0 aliphatic rings. The van der Waals surface area contributed by atoms with Crippen molar-refractivity contribution >= 4 is 23.1 Å². The predicted octanol–water partition coefficient (Wildman–Crippen LogP) is 2.35. The largest absolute Gasteiger partial charge is 0.409 e. The molecule has 0 spiro atoms. The summed E-state index contributed by atoms with van der Waals surface area (Å²) in [6.07, 6.45) is 4.95. The number of imidazole rings is 1. The fourth-order valence-electron chi connectivity index (χ4n) is 1.89. The molecule has 0 aliphatic carbocycles. The number of oxime groups is 1. The Morgan fingerprint density at radius 2 is 2.30 bits per heavy atom. The van der Waals surface area contributed by atoms with Crippen molar-refractivity contribution in [3.63, 3.8) is 0 Å². The molecule has 2 heterocycles. The standard InChI is InChI=1S/C13H10ClFN6O2/c14-9-5-8(1-2-10(9)15)17-13(18-22)12-11(19-23-20-12)6-21-4-3-16-7-21/h1-5,7,22H,6H2,(H,17,18). The number of halogens is 2. The van der Waals surface area contributed by atoms with Crippen LogP contribution in [0.3, 0.4) is 0 Å². The molecule has 0 saturated carbocycles. The number of hydrogen-bond acceptors (Lipinski definition) is 6. The molecule has 0 aliphatic heterocycles. The minimum atomic E-state index is -0.552. The van der Waals surface area contributed by atoms with Gasteiger partial charge in [0.05, 0.1) is 17.9 Å². The van der Waals surface area contributed by atoms with Crippen molar-refractivity contribution in [3.05, 3.63) is 59.1 Å². The van der Waals surface area contributed by atoms with Crippen molar-refractivity contribution in [2.45, 2.75) is 6.54 Å². The first-order valence-electron chi connectivity index (χ1n) is 6.39. The maximum atomic E-state index is 13.2. The SMILES string of the molecule is O/N=C(/Nc1ccc(F)c(Cl)c1)c1nonc1Cn1ccnc1. The van der Waals surface area contributed by atoms with E-state index in [4.69, 9.17) is 16.2 Å². The van der Waals surface area contributed by atoms with Crippen LogP contribution >= 0.6 is 11.6 Å². The molecule has 1 aromatic carbocycles. The average Bonchev–Trinajstić information content (AvgIpc) is 3.21. The quantitative estimate of drug-likeness (QED) is 0.328. The Hall–Kier alpha value is -2.94. The van der Waals surface area contributed by atoms with Crippen LogP contribution in [0, 0.1) is 5.82 Å².